The number of para-hydroxylation sites is 1. The number of H-pyrrole nitrogens is 1. The predicted molar refractivity (Wildman–Crippen MR) is 113 cm³/mol. The smallest absolute Gasteiger partial charge is 0.261 e. The minimum atomic E-state index is -3.74. The molecule has 0 aliphatic rings. The normalized spacial score (nSPS) is 11.2. The van der Waals surface area contributed by atoms with Crippen molar-refractivity contribution >= 4 is 33.8 Å². The van der Waals surface area contributed by atoms with Gasteiger partial charge in [0.2, 0.25) is 0 Å². The zero-order valence-corrected chi connectivity index (χ0v) is 17.6. The molecule has 0 bridgehead atoms. The molecule has 10 heteroatoms. The lowest BCUT2D eigenvalue weighted by molar-refractivity contribution is 0.0954. The van der Waals surface area contributed by atoms with Crippen molar-refractivity contribution < 1.29 is 13.2 Å². The molecule has 8 nitrogen and oxygen atoms in total. The average Bonchev–Trinajstić information content (AvgIpc) is 3.02. The van der Waals surface area contributed by atoms with Crippen molar-refractivity contribution in [3.05, 3.63) is 70.3 Å². The van der Waals surface area contributed by atoms with Gasteiger partial charge in [0.25, 0.3) is 15.9 Å². The fraction of sp³-hybridized carbons (Fsp3) is 0.211. The van der Waals surface area contributed by atoms with Crippen LogP contribution in [0.5, 0.6) is 0 Å². The van der Waals surface area contributed by atoms with E-state index in [4.69, 9.17) is 12.2 Å². The number of sulfonamides is 1. The molecule has 2 aromatic carbocycles. The second kappa shape index (κ2) is 8.58. The molecule has 3 aromatic rings. The second-order valence-corrected chi connectivity index (χ2v) is 8.52. The number of amides is 1. The van der Waals surface area contributed by atoms with E-state index in [1.165, 1.54) is 24.3 Å². The van der Waals surface area contributed by atoms with Crippen molar-refractivity contribution in [3.8, 4) is 0 Å². The van der Waals surface area contributed by atoms with Gasteiger partial charge < -0.3 is 9.88 Å². The van der Waals surface area contributed by atoms with E-state index in [9.17, 15) is 13.2 Å². The third-order valence-electron chi connectivity index (χ3n) is 4.42. The molecule has 0 atom stereocenters. The quantitative estimate of drug-likeness (QED) is 0.498. The first kappa shape index (κ1) is 20.7. The summed E-state index contributed by atoms with van der Waals surface area (Å²) in [6.07, 6.45) is 0.516. The molecule has 3 rings (SSSR count). The first-order valence-corrected chi connectivity index (χ1v) is 10.7. The lowest BCUT2D eigenvalue weighted by Crippen LogP contribution is -2.26. The third-order valence-corrected chi connectivity index (χ3v) is 6.17. The molecule has 1 heterocycles. The summed E-state index contributed by atoms with van der Waals surface area (Å²) in [6.45, 7) is 2.20. The Morgan fingerprint density at radius 1 is 1.17 bits per heavy atom. The van der Waals surface area contributed by atoms with E-state index in [2.05, 4.69) is 20.2 Å². The number of hydrogen-bond donors (Lipinski definition) is 3. The molecular formula is C19H21N5O3S2. The molecule has 3 N–H and O–H groups in total. The highest BCUT2D eigenvalue weighted by molar-refractivity contribution is 7.92. The monoisotopic (exact) mass is 431 g/mol. The average molecular weight is 432 g/mol. The van der Waals surface area contributed by atoms with E-state index in [0.29, 0.717) is 29.0 Å². The maximum absolute atomic E-state index is 12.6. The minimum absolute atomic E-state index is 0.0822. The Bertz CT molecular complexity index is 1180. The Kier molecular flexibility index (Phi) is 6.14. The van der Waals surface area contributed by atoms with Gasteiger partial charge in [-0.05, 0) is 55.0 Å². The number of aromatic amines is 1. The van der Waals surface area contributed by atoms with Crippen LogP contribution in [0.1, 0.15) is 21.7 Å². The Morgan fingerprint density at radius 2 is 1.86 bits per heavy atom. The van der Waals surface area contributed by atoms with Crippen LogP contribution in [0.3, 0.4) is 0 Å². The number of carbonyl (C=O) groups excluding carboxylic acids is 1. The summed E-state index contributed by atoms with van der Waals surface area (Å²) in [4.78, 5) is 12.4. The molecule has 1 aromatic heterocycles. The number of anilines is 1. The fourth-order valence-electron chi connectivity index (χ4n) is 2.67. The molecule has 0 aliphatic heterocycles. The fourth-order valence-corrected chi connectivity index (χ4v) is 3.95. The van der Waals surface area contributed by atoms with Crippen molar-refractivity contribution in [1.82, 2.24) is 20.1 Å². The van der Waals surface area contributed by atoms with Gasteiger partial charge in [-0.2, -0.15) is 5.10 Å². The molecule has 0 unspecified atom stereocenters. The van der Waals surface area contributed by atoms with Crippen LogP contribution in [-0.4, -0.2) is 35.6 Å². The predicted octanol–water partition coefficient (Wildman–Crippen LogP) is 2.56. The van der Waals surface area contributed by atoms with Gasteiger partial charge in [0.1, 0.15) is 5.82 Å². The molecule has 0 spiro atoms. The van der Waals surface area contributed by atoms with Crippen LogP contribution in [0.15, 0.2) is 53.4 Å². The number of hydrogen-bond acceptors (Lipinski definition) is 5. The van der Waals surface area contributed by atoms with Crippen LogP contribution in [-0.2, 0) is 23.5 Å². The Balaban J connectivity index is 1.63. The lowest BCUT2D eigenvalue weighted by atomic mass is 10.2. The number of nitrogens with one attached hydrogen (secondary N) is 3. The third kappa shape index (κ3) is 4.90. The van der Waals surface area contributed by atoms with E-state index in [-0.39, 0.29) is 10.8 Å². The van der Waals surface area contributed by atoms with Gasteiger partial charge in [-0.15, -0.1) is 0 Å². The number of aryl methyl sites for hydroxylation is 1. The second-order valence-electron chi connectivity index (χ2n) is 6.45. The number of rotatable bonds is 7. The van der Waals surface area contributed by atoms with Gasteiger partial charge in [-0.3, -0.25) is 14.6 Å². The first-order valence-electron chi connectivity index (χ1n) is 8.85. The van der Waals surface area contributed by atoms with E-state index in [1.54, 1.807) is 23.7 Å². The molecule has 1 amide bonds. The molecule has 0 radical (unpaired) electrons. The molecule has 0 aliphatic carbocycles. The van der Waals surface area contributed by atoms with E-state index < -0.39 is 10.0 Å². The van der Waals surface area contributed by atoms with Crippen LogP contribution < -0.4 is 10.0 Å². The van der Waals surface area contributed by atoms with Gasteiger partial charge in [0.05, 0.1) is 10.6 Å². The number of carbonyl (C=O) groups is 1. The van der Waals surface area contributed by atoms with Crippen LogP contribution >= 0.6 is 12.2 Å². The highest BCUT2D eigenvalue weighted by atomic mass is 32.2. The molecule has 29 heavy (non-hydrogen) atoms. The standard InChI is InChI=1S/C19H21N5O3S2/c1-13-5-3-4-6-16(13)23-29(26,27)15-9-7-14(8-10-15)18(25)20-12-11-17-21-22-19(28)24(17)2/h3-10,23H,11-12H2,1-2H3,(H,20,25)(H,22,28). The minimum Gasteiger partial charge on any atom is -0.352 e. The Labute approximate surface area is 174 Å². The van der Waals surface area contributed by atoms with Crippen molar-refractivity contribution in [2.24, 2.45) is 7.05 Å². The van der Waals surface area contributed by atoms with Crippen LogP contribution in [0.2, 0.25) is 0 Å². The maximum Gasteiger partial charge on any atom is 0.261 e. The van der Waals surface area contributed by atoms with E-state index in [0.717, 1.165) is 11.4 Å². The van der Waals surface area contributed by atoms with E-state index in [1.807, 2.05) is 19.1 Å². The van der Waals surface area contributed by atoms with Crippen LogP contribution in [0, 0.1) is 11.7 Å². The molecule has 0 fully saturated rings. The summed E-state index contributed by atoms with van der Waals surface area (Å²) in [6, 6.07) is 12.9. The summed E-state index contributed by atoms with van der Waals surface area (Å²) in [5, 5.41) is 9.56. The van der Waals surface area contributed by atoms with Crippen molar-refractivity contribution in [3.63, 3.8) is 0 Å². The van der Waals surface area contributed by atoms with Gasteiger partial charge in [0, 0.05) is 25.6 Å². The summed E-state index contributed by atoms with van der Waals surface area (Å²) >= 11 is 5.05. The molecule has 152 valence electrons. The number of benzene rings is 2. The summed E-state index contributed by atoms with van der Waals surface area (Å²) in [5.74, 6) is 0.441. The molecule has 0 saturated heterocycles. The van der Waals surface area contributed by atoms with Crippen LogP contribution in [0.4, 0.5) is 5.69 Å². The zero-order valence-electron chi connectivity index (χ0n) is 16.0. The summed E-state index contributed by atoms with van der Waals surface area (Å²) < 4.78 is 29.9. The van der Waals surface area contributed by atoms with Crippen molar-refractivity contribution in [2.45, 2.75) is 18.2 Å². The molecule has 0 saturated carbocycles. The first-order chi connectivity index (χ1) is 13.8. The van der Waals surface area contributed by atoms with Gasteiger partial charge >= 0.3 is 0 Å². The highest BCUT2D eigenvalue weighted by Gasteiger charge is 2.16. The van der Waals surface area contributed by atoms with Crippen molar-refractivity contribution in [2.75, 3.05) is 11.3 Å². The highest BCUT2D eigenvalue weighted by Crippen LogP contribution is 2.19. The van der Waals surface area contributed by atoms with Crippen LogP contribution in [0.25, 0.3) is 0 Å². The lowest BCUT2D eigenvalue weighted by Gasteiger charge is -2.11. The van der Waals surface area contributed by atoms with Gasteiger partial charge in [-0.1, -0.05) is 18.2 Å². The number of nitrogens with zero attached hydrogens (tertiary/aromatic N) is 2. The largest absolute Gasteiger partial charge is 0.352 e. The van der Waals surface area contributed by atoms with E-state index >= 15 is 0 Å². The Morgan fingerprint density at radius 3 is 2.48 bits per heavy atom. The molecular weight excluding hydrogens is 410 g/mol. The number of aromatic nitrogens is 3. The summed E-state index contributed by atoms with van der Waals surface area (Å²) in [5.41, 5.74) is 1.71. The maximum atomic E-state index is 12.6. The Hall–Kier alpha value is -2.98. The topological polar surface area (TPSA) is 109 Å². The summed E-state index contributed by atoms with van der Waals surface area (Å²) in [7, 11) is -1.94. The van der Waals surface area contributed by atoms with Gasteiger partial charge in [-0.25, -0.2) is 8.42 Å². The van der Waals surface area contributed by atoms with Crippen molar-refractivity contribution in [1.29, 1.82) is 0 Å². The van der Waals surface area contributed by atoms with Gasteiger partial charge in [0.15, 0.2) is 4.77 Å². The zero-order chi connectivity index (χ0) is 21.0. The SMILES string of the molecule is Cc1ccccc1NS(=O)(=O)c1ccc(C(=O)NCCc2n[nH]c(=S)n2C)cc1.